The number of nitrogens with one attached hydrogen (secondary N) is 2. The minimum Gasteiger partial charge on any atom is -0.338 e. The Morgan fingerprint density at radius 2 is 2.25 bits per heavy atom. The van der Waals surface area contributed by atoms with Crippen LogP contribution in [0.2, 0.25) is 0 Å². The van der Waals surface area contributed by atoms with E-state index < -0.39 is 0 Å². The van der Waals surface area contributed by atoms with Gasteiger partial charge in [0, 0.05) is 17.1 Å². The van der Waals surface area contributed by atoms with Crippen LogP contribution in [0.5, 0.6) is 0 Å². The van der Waals surface area contributed by atoms with Crippen molar-refractivity contribution >= 4 is 23.5 Å². The van der Waals surface area contributed by atoms with Gasteiger partial charge in [0.25, 0.3) is 0 Å². The Balaban J connectivity index is 1.73. The SMILES string of the molecule is CSc1cccc(NC(=O)NCCC2=CCCCC2)c1. The van der Waals surface area contributed by atoms with Crippen LogP contribution in [-0.2, 0) is 0 Å². The Morgan fingerprint density at radius 3 is 3.00 bits per heavy atom. The highest BCUT2D eigenvalue weighted by atomic mass is 32.2. The summed E-state index contributed by atoms with van der Waals surface area (Å²) in [5, 5.41) is 5.79. The number of rotatable bonds is 5. The largest absolute Gasteiger partial charge is 0.338 e. The van der Waals surface area contributed by atoms with E-state index in [2.05, 4.69) is 16.7 Å². The minimum absolute atomic E-state index is 0.125. The molecule has 0 radical (unpaired) electrons. The molecule has 1 aliphatic rings. The van der Waals surface area contributed by atoms with E-state index in [0.29, 0.717) is 6.54 Å². The zero-order chi connectivity index (χ0) is 14.2. The number of anilines is 1. The molecule has 2 rings (SSSR count). The summed E-state index contributed by atoms with van der Waals surface area (Å²) >= 11 is 1.67. The molecule has 0 bridgehead atoms. The summed E-state index contributed by atoms with van der Waals surface area (Å²) in [4.78, 5) is 13.0. The van der Waals surface area contributed by atoms with Crippen LogP contribution in [0.4, 0.5) is 10.5 Å². The lowest BCUT2D eigenvalue weighted by Crippen LogP contribution is -2.29. The van der Waals surface area contributed by atoms with E-state index >= 15 is 0 Å². The van der Waals surface area contributed by atoms with Crippen molar-refractivity contribution in [3.05, 3.63) is 35.9 Å². The number of thioether (sulfide) groups is 1. The first kappa shape index (κ1) is 15.0. The molecular weight excluding hydrogens is 268 g/mol. The quantitative estimate of drug-likeness (QED) is 0.622. The van der Waals surface area contributed by atoms with Crippen molar-refractivity contribution in [2.24, 2.45) is 0 Å². The number of hydrogen-bond donors (Lipinski definition) is 2. The fraction of sp³-hybridized carbons (Fsp3) is 0.438. The number of amides is 2. The molecule has 108 valence electrons. The van der Waals surface area contributed by atoms with Gasteiger partial charge in [-0.1, -0.05) is 17.7 Å². The van der Waals surface area contributed by atoms with Crippen LogP contribution in [0.3, 0.4) is 0 Å². The van der Waals surface area contributed by atoms with E-state index in [9.17, 15) is 4.79 Å². The molecule has 3 nitrogen and oxygen atoms in total. The first-order valence-corrected chi connectivity index (χ1v) is 8.37. The molecule has 20 heavy (non-hydrogen) atoms. The summed E-state index contributed by atoms with van der Waals surface area (Å²) in [6.07, 6.45) is 10.3. The smallest absolute Gasteiger partial charge is 0.319 e. The second kappa shape index (κ2) is 8.00. The predicted molar refractivity (Wildman–Crippen MR) is 86.4 cm³/mol. The Hall–Kier alpha value is -1.42. The molecule has 0 saturated carbocycles. The van der Waals surface area contributed by atoms with Crippen molar-refractivity contribution in [2.45, 2.75) is 37.0 Å². The highest BCUT2D eigenvalue weighted by Crippen LogP contribution is 2.20. The lowest BCUT2D eigenvalue weighted by Gasteiger charge is -2.13. The third-order valence-corrected chi connectivity index (χ3v) is 4.17. The predicted octanol–water partition coefficient (Wildman–Crippen LogP) is 4.42. The van der Waals surface area contributed by atoms with E-state index in [4.69, 9.17) is 0 Å². The maximum absolute atomic E-state index is 11.8. The van der Waals surface area contributed by atoms with E-state index in [1.54, 1.807) is 11.8 Å². The lowest BCUT2D eigenvalue weighted by molar-refractivity contribution is 0.252. The summed E-state index contributed by atoms with van der Waals surface area (Å²) in [6, 6.07) is 7.74. The topological polar surface area (TPSA) is 41.1 Å². The number of allylic oxidation sites excluding steroid dienone is 1. The molecule has 0 atom stereocenters. The van der Waals surface area contributed by atoms with Gasteiger partial charge in [0.1, 0.15) is 0 Å². The van der Waals surface area contributed by atoms with Gasteiger partial charge in [0.15, 0.2) is 0 Å². The first-order valence-electron chi connectivity index (χ1n) is 7.15. The van der Waals surface area contributed by atoms with Crippen LogP contribution < -0.4 is 10.6 Å². The molecule has 0 fully saturated rings. The molecule has 2 amide bonds. The van der Waals surface area contributed by atoms with Crippen LogP contribution in [0.15, 0.2) is 40.8 Å². The first-order chi connectivity index (χ1) is 9.78. The van der Waals surface area contributed by atoms with Crippen LogP contribution in [0.1, 0.15) is 32.1 Å². The Morgan fingerprint density at radius 1 is 1.35 bits per heavy atom. The van der Waals surface area contributed by atoms with E-state index in [-0.39, 0.29) is 6.03 Å². The zero-order valence-corrected chi connectivity index (χ0v) is 12.8. The van der Waals surface area contributed by atoms with Crippen molar-refractivity contribution in [1.82, 2.24) is 5.32 Å². The van der Waals surface area contributed by atoms with Crippen LogP contribution >= 0.6 is 11.8 Å². The Kier molecular flexibility index (Phi) is 5.99. The highest BCUT2D eigenvalue weighted by molar-refractivity contribution is 7.98. The standard InChI is InChI=1S/C16H22N2OS/c1-20-15-9-5-8-14(12-15)18-16(19)17-11-10-13-6-3-2-4-7-13/h5-6,8-9,12H,2-4,7,10-11H2,1H3,(H2,17,18,19). The second-order valence-electron chi connectivity index (χ2n) is 4.97. The van der Waals surface area contributed by atoms with Crippen LogP contribution in [-0.4, -0.2) is 18.8 Å². The lowest BCUT2D eigenvalue weighted by atomic mass is 9.97. The zero-order valence-electron chi connectivity index (χ0n) is 11.9. The number of carbonyl (C=O) groups excluding carboxylic acids is 1. The maximum Gasteiger partial charge on any atom is 0.319 e. The van der Waals surface area contributed by atoms with Crippen LogP contribution in [0, 0.1) is 0 Å². The van der Waals surface area contributed by atoms with Crippen molar-refractivity contribution in [3.8, 4) is 0 Å². The van der Waals surface area contributed by atoms with Crippen molar-refractivity contribution in [2.75, 3.05) is 18.1 Å². The fourth-order valence-corrected chi connectivity index (χ4v) is 2.80. The highest BCUT2D eigenvalue weighted by Gasteiger charge is 2.05. The molecule has 1 aromatic rings. The molecule has 0 spiro atoms. The molecule has 0 aromatic heterocycles. The number of urea groups is 1. The number of carbonyl (C=O) groups is 1. The van der Waals surface area contributed by atoms with Crippen molar-refractivity contribution < 1.29 is 4.79 Å². The third-order valence-electron chi connectivity index (χ3n) is 3.44. The van der Waals surface area contributed by atoms with Gasteiger partial charge in [-0.3, -0.25) is 0 Å². The van der Waals surface area contributed by atoms with Gasteiger partial charge in [0.05, 0.1) is 0 Å². The molecule has 1 aliphatic carbocycles. The van der Waals surface area contributed by atoms with Gasteiger partial charge in [0.2, 0.25) is 0 Å². The van der Waals surface area contributed by atoms with Gasteiger partial charge < -0.3 is 10.6 Å². The summed E-state index contributed by atoms with van der Waals surface area (Å²) in [5.74, 6) is 0. The number of hydrogen-bond acceptors (Lipinski definition) is 2. The molecule has 0 unspecified atom stereocenters. The molecule has 0 saturated heterocycles. The monoisotopic (exact) mass is 290 g/mol. The molecule has 0 aliphatic heterocycles. The fourth-order valence-electron chi connectivity index (χ4n) is 2.34. The molecule has 0 heterocycles. The van der Waals surface area contributed by atoms with Crippen LogP contribution in [0.25, 0.3) is 0 Å². The second-order valence-corrected chi connectivity index (χ2v) is 5.85. The Labute approximate surface area is 125 Å². The summed E-state index contributed by atoms with van der Waals surface area (Å²) in [7, 11) is 0. The normalized spacial score (nSPS) is 14.6. The van der Waals surface area contributed by atoms with Crippen molar-refractivity contribution in [1.29, 1.82) is 0 Å². The van der Waals surface area contributed by atoms with Gasteiger partial charge in [-0.05, 0) is 56.6 Å². The Bertz CT molecular complexity index is 485. The molecule has 1 aromatic carbocycles. The minimum atomic E-state index is -0.125. The van der Waals surface area contributed by atoms with Gasteiger partial charge in [-0.25, -0.2) is 4.79 Å². The van der Waals surface area contributed by atoms with E-state index in [1.807, 2.05) is 30.5 Å². The molecular formula is C16H22N2OS. The van der Waals surface area contributed by atoms with E-state index in [0.717, 1.165) is 17.0 Å². The summed E-state index contributed by atoms with van der Waals surface area (Å²) in [6.45, 7) is 0.708. The van der Waals surface area contributed by atoms with Gasteiger partial charge in [-0.15, -0.1) is 11.8 Å². The van der Waals surface area contributed by atoms with Crippen molar-refractivity contribution in [3.63, 3.8) is 0 Å². The maximum atomic E-state index is 11.8. The van der Waals surface area contributed by atoms with E-state index in [1.165, 1.54) is 31.3 Å². The molecule has 4 heteroatoms. The molecule has 2 N–H and O–H groups in total. The number of benzene rings is 1. The third kappa shape index (κ3) is 4.93. The average molecular weight is 290 g/mol. The van der Waals surface area contributed by atoms with Gasteiger partial charge >= 0.3 is 6.03 Å². The summed E-state index contributed by atoms with van der Waals surface area (Å²) in [5.41, 5.74) is 2.33. The summed E-state index contributed by atoms with van der Waals surface area (Å²) < 4.78 is 0. The van der Waals surface area contributed by atoms with Gasteiger partial charge in [-0.2, -0.15) is 0 Å². The average Bonchev–Trinajstić information content (AvgIpc) is 2.48.